The van der Waals surface area contributed by atoms with Crippen molar-refractivity contribution in [3.05, 3.63) is 35.9 Å². The van der Waals surface area contributed by atoms with Crippen LogP contribution < -0.4 is 11.5 Å². The van der Waals surface area contributed by atoms with E-state index in [4.69, 9.17) is 10.8 Å². The zero-order valence-corrected chi connectivity index (χ0v) is 7.51. The molecule has 1 amide bonds. The summed E-state index contributed by atoms with van der Waals surface area (Å²) in [4.78, 5) is 19.7. The summed E-state index contributed by atoms with van der Waals surface area (Å²) in [6.07, 6.45) is 0. The number of nitrogens with two attached hydrogens (primary N) is 2. The first kappa shape index (κ1) is 12.1. The number of carboxylic acid groups (broad SMARTS) is 1. The molecule has 14 heavy (non-hydrogen) atoms. The number of hydrogen-bond acceptors (Lipinski definition) is 3. The molecule has 0 radical (unpaired) electrons. The summed E-state index contributed by atoms with van der Waals surface area (Å²) >= 11 is 0. The summed E-state index contributed by atoms with van der Waals surface area (Å²) < 4.78 is 0. The van der Waals surface area contributed by atoms with E-state index in [-0.39, 0.29) is 12.5 Å². The second-order valence-electron chi connectivity index (χ2n) is 2.33. The average molecular weight is 196 g/mol. The molecule has 1 aromatic rings. The number of benzene rings is 1. The van der Waals surface area contributed by atoms with Crippen molar-refractivity contribution in [3.8, 4) is 0 Å². The number of amides is 1. The van der Waals surface area contributed by atoms with Gasteiger partial charge in [-0.2, -0.15) is 0 Å². The van der Waals surface area contributed by atoms with Crippen LogP contribution in [0.25, 0.3) is 0 Å². The first-order valence-electron chi connectivity index (χ1n) is 3.84. The number of carbonyl (C=O) groups is 2. The summed E-state index contributed by atoms with van der Waals surface area (Å²) in [6.45, 7) is -0.278. The van der Waals surface area contributed by atoms with Crippen molar-refractivity contribution in [2.45, 2.75) is 0 Å². The molecule has 0 aliphatic rings. The van der Waals surface area contributed by atoms with E-state index < -0.39 is 5.97 Å². The lowest BCUT2D eigenvalue weighted by Crippen LogP contribution is -2.10. The number of hydrogen-bond donors (Lipinski definition) is 3. The van der Waals surface area contributed by atoms with Gasteiger partial charge in [0.15, 0.2) is 0 Å². The third kappa shape index (κ3) is 5.73. The quantitative estimate of drug-likeness (QED) is 0.609. The van der Waals surface area contributed by atoms with Gasteiger partial charge >= 0.3 is 5.97 Å². The smallest absolute Gasteiger partial charge is 0.317 e. The predicted molar refractivity (Wildman–Crippen MR) is 51.7 cm³/mol. The summed E-state index contributed by atoms with van der Waals surface area (Å²) in [5.41, 5.74) is 10.1. The van der Waals surface area contributed by atoms with Crippen molar-refractivity contribution in [3.63, 3.8) is 0 Å². The Bertz CT molecular complexity index is 298. The Hall–Kier alpha value is -1.88. The van der Waals surface area contributed by atoms with E-state index in [9.17, 15) is 9.59 Å². The normalized spacial score (nSPS) is 8.36. The van der Waals surface area contributed by atoms with Crippen LogP contribution in [0.1, 0.15) is 10.4 Å². The van der Waals surface area contributed by atoms with Crippen LogP contribution in [0.5, 0.6) is 0 Å². The van der Waals surface area contributed by atoms with E-state index in [1.165, 1.54) is 0 Å². The highest BCUT2D eigenvalue weighted by Gasteiger charge is 1.93. The van der Waals surface area contributed by atoms with E-state index in [1.54, 1.807) is 24.3 Å². The van der Waals surface area contributed by atoms with Crippen LogP contribution in [-0.4, -0.2) is 23.5 Å². The van der Waals surface area contributed by atoms with Gasteiger partial charge < -0.3 is 16.6 Å². The van der Waals surface area contributed by atoms with Gasteiger partial charge in [0.1, 0.15) is 0 Å². The summed E-state index contributed by atoms with van der Waals surface area (Å²) in [5, 5.41) is 7.60. The molecule has 1 rings (SSSR count). The summed E-state index contributed by atoms with van der Waals surface area (Å²) in [6, 6.07) is 8.76. The van der Waals surface area contributed by atoms with E-state index in [1.807, 2.05) is 6.07 Å². The molecule has 0 fully saturated rings. The van der Waals surface area contributed by atoms with Gasteiger partial charge in [-0.25, -0.2) is 0 Å². The monoisotopic (exact) mass is 196 g/mol. The van der Waals surface area contributed by atoms with Crippen LogP contribution in [0.15, 0.2) is 30.3 Å². The Labute approximate surface area is 81.3 Å². The van der Waals surface area contributed by atoms with Crippen LogP contribution in [0.2, 0.25) is 0 Å². The first-order valence-corrected chi connectivity index (χ1v) is 3.84. The number of rotatable bonds is 2. The molecule has 1 aromatic carbocycles. The SMILES string of the molecule is NC(=O)c1ccccc1.NCC(=O)O. The van der Waals surface area contributed by atoms with Crippen LogP contribution in [0.3, 0.4) is 0 Å². The van der Waals surface area contributed by atoms with Gasteiger partial charge in [-0.3, -0.25) is 9.59 Å². The van der Waals surface area contributed by atoms with Crippen LogP contribution in [0.4, 0.5) is 0 Å². The van der Waals surface area contributed by atoms with Crippen molar-refractivity contribution in [1.82, 2.24) is 0 Å². The van der Waals surface area contributed by atoms with Gasteiger partial charge in [0.25, 0.3) is 0 Å². The topological polar surface area (TPSA) is 106 Å². The molecule has 0 saturated heterocycles. The van der Waals surface area contributed by atoms with Gasteiger partial charge in [-0.1, -0.05) is 18.2 Å². The van der Waals surface area contributed by atoms with Gasteiger partial charge in [0.2, 0.25) is 5.91 Å². The van der Waals surface area contributed by atoms with Crippen molar-refractivity contribution in [2.75, 3.05) is 6.54 Å². The summed E-state index contributed by atoms with van der Waals surface area (Å²) in [7, 11) is 0. The molecule has 76 valence electrons. The number of carboxylic acids is 1. The van der Waals surface area contributed by atoms with Crippen molar-refractivity contribution in [2.24, 2.45) is 11.5 Å². The minimum atomic E-state index is -0.968. The van der Waals surface area contributed by atoms with Crippen molar-refractivity contribution in [1.29, 1.82) is 0 Å². The molecule has 5 heteroatoms. The molecule has 0 unspecified atom stereocenters. The molecule has 0 atom stereocenters. The van der Waals surface area contributed by atoms with Crippen molar-refractivity contribution < 1.29 is 14.7 Å². The molecule has 0 aliphatic carbocycles. The lowest BCUT2D eigenvalue weighted by molar-refractivity contribution is -0.135. The molecule has 0 aliphatic heterocycles. The van der Waals surface area contributed by atoms with E-state index in [0.717, 1.165) is 0 Å². The average Bonchev–Trinajstić information content (AvgIpc) is 2.20. The third-order valence-corrected chi connectivity index (χ3v) is 1.23. The van der Waals surface area contributed by atoms with Crippen LogP contribution >= 0.6 is 0 Å². The van der Waals surface area contributed by atoms with E-state index >= 15 is 0 Å². The zero-order chi connectivity index (χ0) is 11.0. The maximum absolute atomic E-state index is 10.4. The Morgan fingerprint density at radius 2 is 1.64 bits per heavy atom. The molecular weight excluding hydrogens is 184 g/mol. The lowest BCUT2D eigenvalue weighted by Gasteiger charge is -1.89. The predicted octanol–water partition coefficient (Wildman–Crippen LogP) is -0.185. The Balaban J connectivity index is 0.000000292. The fourth-order valence-electron chi connectivity index (χ4n) is 0.602. The molecule has 5 nitrogen and oxygen atoms in total. The van der Waals surface area contributed by atoms with Crippen LogP contribution in [-0.2, 0) is 4.79 Å². The number of primary amides is 1. The molecular formula is C9H12N2O3. The Morgan fingerprint density at radius 1 is 1.21 bits per heavy atom. The molecule has 0 heterocycles. The van der Waals surface area contributed by atoms with Gasteiger partial charge in [0.05, 0.1) is 6.54 Å². The standard InChI is InChI=1S/C7H7NO.C2H5NO2/c8-7(9)6-4-2-1-3-5-6;3-1-2(4)5/h1-5H,(H2,8,9);1,3H2,(H,4,5). The second kappa shape index (κ2) is 6.62. The lowest BCUT2D eigenvalue weighted by atomic mass is 10.2. The number of carbonyl (C=O) groups excluding carboxylic acids is 1. The molecule has 0 spiro atoms. The minimum absolute atomic E-state index is 0.278. The first-order chi connectivity index (χ1) is 6.57. The molecule has 0 aromatic heterocycles. The molecule has 5 N–H and O–H groups in total. The van der Waals surface area contributed by atoms with Crippen molar-refractivity contribution >= 4 is 11.9 Å². The third-order valence-electron chi connectivity index (χ3n) is 1.23. The van der Waals surface area contributed by atoms with Gasteiger partial charge in [0, 0.05) is 5.56 Å². The highest BCUT2D eigenvalue weighted by molar-refractivity contribution is 5.92. The van der Waals surface area contributed by atoms with E-state index in [0.29, 0.717) is 5.56 Å². The maximum Gasteiger partial charge on any atom is 0.317 e. The molecule has 0 bridgehead atoms. The summed E-state index contributed by atoms with van der Waals surface area (Å²) in [5.74, 6) is -1.35. The highest BCUT2D eigenvalue weighted by Crippen LogP contribution is 1.94. The Kier molecular flexibility index (Phi) is 5.73. The van der Waals surface area contributed by atoms with Gasteiger partial charge in [-0.15, -0.1) is 0 Å². The van der Waals surface area contributed by atoms with Crippen LogP contribution in [0, 0.1) is 0 Å². The minimum Gasteiger partial charge on any atom is -0.480 e. The Morgan fingerprint density at radius 3 is 1.86 bits per heavy atom. The fourth-order valence-corrected chi connectivity index (χ4v) is 0.602. The van der Waals surface area contributed by atoms with Gasteiger partial charge in [-0.05, 0) is 12.1 Å². The maximum atomic E-state index is 10.4. The number of aliphatic carboxylic acids is 1. The fraction of sp³-hybridized carbons (Fsp3) is 0.111. The largest absolute Gasteiger partial charge is 0.480 e. The zero-order valence-electron chi connectivity index (χ0n) is 7.51. The second-order valence-corrected chi connectivity index (χ2v) is 2.33. The van der Waals surface area contributed by atoms with E-state index in [2.05, 4.69) is 5.73 Å². The molecule has 0 saturated carbocycles. The highest BCUT2D eigenvalue weighted by atomic mass is 16.4.